The van der Waals surface area contributed by atoms with Gasteiger partial charge in [0, 0.05) is 51.1 Å². The number of piperidine rings is 1. The van der Waals surface area contributed by atoms with Gasteiger partial charge in [-0.3, -0.25) is 4.79 Å². The van der Waals surface area contributed by atoms with Gasteiger partial charge < -0.3 is 14.5 Å². The topological polar surface area (TPSA) is 58.6 Å². The molecule has 0 N–H and O–H groups in total. The molecular weight excluding hydrogens is 360 g/mol. The Kier molecular flexibility index (Phi) is 5.99. The molecule has 2 fully saturated rings. The van der Waals surface area contributed by atoms with Crippen molar-refractivity contribution in [2.24, 2.45) is 5.92 Å². The van der Waals surface area contributed by atoms with Gasteiger partial charge in [0.1, 0.15) is 0 Å². The van der Waals surface area contributed by atoms with Crippen molar-refractivity contribution < 1.29 is 9.53 Å². The van der Waals surface area contributed by atoms with E-state index in [9.17, 15) is 4.79 Å². The molecule has 1 atom stereocenters. The first-order valence-electron chi connectivity index (χ1n) is 9.73. The molecule has 4 rings (SSSR count). The summed E-state index contributed by atoms with van der Waals surface area (Å²) >= 11 is 1.68. The highest BCUT2D eigenvalue weighted by molar-refractivity contribution is 7.07. The fraction of sp³-hybridized carbons (Fsp3) is 0.550. The number of nitrogens with zero attached hydrogens (tertiary/aromatic N) is 4. The van der Waals surface area contributed by atoms with E-state index in [-0.39, 0.29) is 17.9 Å². The Hall–Kier alpha value is -1.99. The zero-order chi connectivity index (χ0) is 18.5. The van der Waals surface area contributed by atoms with E-state index in [1.807, 2.05) is 11.0 Å². The fourth-order valence-electron chi connectivity index (χ4n) is 3.91. The highest BCUT2D eigenvalue weighted by atomic mass is 32.1. The molecule has 0 saturated carbocycles. The second-order valence-corrected chi connectivity index (χ2v) is 8.08. The first-order valence-corrected chi connectivity index (χ1v) is 10.7. The smallest absolute Gasteiger partial charge is 0.226 e. The van der Waals surface area contributed by atoms with Gasteiger partial charge in [-0.15, -0.1) is 0 Å². The third-order valence-corrected chi connectivity index (χ3v) is 6.12. The lowest BCUT2D eigenvalue weighted by Gasteiger charge is -2.35. The minimum absolute atomic E-state index is 0.0741. The molecule has 27 heavy (non-hydrogen) atoms. The highest BCUT2D eigenvalue weighted by Crippen LogP contribution is 2.24. The second kappa shape index (κ2) is 8.80. The Labute approximate surface area is 164 Å². The zero-order valence-corrected chi connectivity index (χ0v) is 16.3. The minimum atomic E-state index is 0.0741. The quantitative estimate of drug-likeness (QED) is 0.764. The van der Waals surface area contributed by atoms with Crippen LogP contribution in [0.2, 0.25) is 0 Å². The molecule has 2 aliphatic heterocycles. The van der Waals surface area contributed by atoms with E-state index in [1.54, 1.807) is 23.7 Å². The minimum Gasteiger partial charge on any atom is -0.376 e. The maximum absolute atomic E-state index is 13.3. The van der Waals surface area contributed by atoms with Gasteiger partial charge in [0.15, 0.2) is 0 Å². The van der Waals surface area contributed by atoms with E-state index in [1.165, 1.54) is 5.56 Å². The van der Waals surface area contributed by atoms with Crippen molar-refractivity contribution in [3.63, 3.8) is 0 Å². The maximum Gasteiger partial charge on any atom is 0.226 e. The van der Waals surface area contributed by atoms with Gasteiger partial charge >= 0.3 is 0 Å². The van der Waals surface area contributed by atoms with Crippen LogP contribution in [0.3, 0.4) is 0 Å². The Balaban J connectivity index is 1.38. The van der Waals surface area contributed by atoms with Crippen LogP contribution in [0.5, 0.6) is 0 Å². The molecule has 2 aliphatic rings. The Morgan fingerprint density at radius 3 is 2.74 bits per heavy atom. The van der Waals surface area contributed by atoms with Crippen LogP contribution in [0.15, 0.2) is 35.3 Å². The summed E-state index contributed by atoms with van der Waals surface area (Å²) < 4.78 is 5.80. The lowest BCUT2D eigenvalue weighted by Crippen LogP contribution is -2.45. The van der Waals surface area contributed by atoms with E-state index in [0.717, 1.165) is 51.3 Å². The van der Waals surface area contributed by atoms with Crippen LogP contribution in [0, 0.1) is 5.92 Å². The van der Waals surface area contributed by atoms with E-state index >= 15 is 0 Å². The molecule has 0 aliphatic carbocycles. The number of rotatable bonds is 6. The van der Waals surface area contributed by atoms with Crippen LogP contribution >= 0.6 is 11.3 Å². The Morgan fingerprint density at radius 2 is 2.07 bits per heavy atom. The van der Waals surface area contributed by atoms with E-state index in [4.69, 9.17) is 4.74 Å². The zero-order valence-electron chi connectivity index (χ0n) is 15.5. The summed E-state index contributed by atoms with van der Waals surface area (Å²) in [5.74, 6) is 1.10. The van der Waals surface area contributed by atoms with Crippen molar-refractivity contribution in [2.45, 2.75) is 38.3 Å². The average molecular weight is 387 g/mol. The largest absolute Gasteiger partial charge is 0.376 e. The number of aromatic nitrogens is 2. The van der Waals surface area contributed by atoms with Crippen molar-refractivity contribution in [1.82, 2.24) is 14.9 Å². The molecule has 2 aromatic rings. The van der Waals surface area contributed by atoms with Gasteiger partial charge in [-0.1, -0.05) is 0 Å². The van der Waals surface area contributed by atoms with E-state index < -0.39 is 0 Å². The molecular formula is C20H26N4O2S. The first kappa shape index (κ1) is 18.4. The molecule has 0 aromatic carbocycles. The number of amides is 1. The summed E-state index contributed by atoms with van der Waals surface area (Å²) in [4.78, 5) is 26.1. The van der Waals surface area contributed by atoms with E-state index in [0.29, 0.717) is 13.1 Å². The van der Waals surface area contributed by atoms with Crippen LogP contribution in [0.1, 0.15) is 31.2 Å². The summed E-state index contributed by atoms with van der Waals surface area (Å²) in [6.45, 7) is 3.86. The fourth-order valence-corrected chi connectivity index (χ4v) is 4.57. The van der Waals surface area contributed by atoms with Crippen molar-refractivity contribution in [3.8, 4) is 0 Å². The van der Waals surface area contributed by atoms with E-state index in [2.05, 4.69) is 31.7 Å². The summed E-state index contributed by atoms with van der Waals surface area (Å²) in [6, 6.07) is 3.93. The van der Waals surface area contributed by atoms with Crippen LogP contribution in [0.4, 0.5) is 5.95 Å². The molecule has 0 unspecified atom stereocenters. The third-order valence-electron chi connectivity index (χ3n) is 5.39. The number of carbonyl (C=O) groups excluding carboxylic acids is 1. The summed E-state index contributed by atoms with van der Waals surface area (Å²) in [5, 5.41) is 4.20. The summed E-state index contributed by atoms with van der Waals surface area (Å²) in [6.07, 6.45) is 7.57. The highest BCUT2D eigenvalue weighted by Gasteiger charge is 2.31. The van der Waals surface area contributed by atoms with Crippen LogP contribution in [0.25, 0.3) is 0 Å². The van der Waals surface area contributed by atoms with Crippen molar-refractivity contribution in [3.05, 3.63) is 40.8 Å². The predicted molar refractivity (Wildman–Crippen MR) is 106 cm³/mol. The number of hydrogen-bond donors (Lipinski definition) is 0. The number of ether oxygens (including phenoxy) is 1. The third kappa shape index (κ3) is 4.65. The van der Waals surface area contributed by atoms with Gasteiger partial charge in [0.05, 0.1) is 6.10 Å². The van der Waals surface area contributed by atoms with Crippen molar-refractivity contribution >= 4 is 23.2 Å². The Morgan fingerprint density at radius 1 is 1.26 bits per heavy atom. The normalized spacial score (nSPS) is 20.7. The SMILES string of the molecule is O=C(C1CCN(c2ncccn2)CC1)N(Cc1ccsc1)C[C@@H]1CCCO1. The van der Waals surface area contributed by atoms with Crippen LogP contribution < -0.4 is 4.90 Å². The molecule has 0 bridgehead atoms. The predicted octanol–water partition coefficient (Wildman–Crippen LogP) is 2.96. The lowest BCUT2D eigenvalue weighted by molar-refractivity contribution is -0.138. The molecule has 6 nitrogen and oxygen atoms in total. The van der Waals surface area contributed by atoms with Gasteiger partial charge in [-0.2, -0.15) is 11.3 Å². The molecule has 1 amide bonds. The Bertz CT molecular complexity index is 711. The number of anilines is 1. The summed E-state index contributed by atoms with van der Waals surface area (Å²) in [7, 11) is 0. The van der Waals surface area contributed by atoms with Gasteiger partial charge in [0.2, 0.25) is 11.9 Å². The second-order valence-electron chi connectivity index (χ2n) is 7.30. The number of hydrogen-bond acceptors (Lipinski definition) is 6. The van der Waals surface area contributed by atoms with Crippen LogP contribution in [-0.2, 0) is 16.1 Å². The molecule has 0 radical (unpaired) electrons. The molecule has 7 heteroatoms. The average Bonchev–Trinajstić information content (AvgIpc) is 3.42. The first-order chi connectivity index (χ1) is 13.3. The molecule has 4 heterocycles. The molecule has 144 valence electrons. The number of carbonyl (C=O) groups is 1. The van der Waals surface area contributed by atoms with Crippen molar-refractivity contribution in [2.75, 3.05) is 31.1 Å². The molecule has 2 aromatic heterocycles. The molecule has 2 saturated heterocycles. The number of thiophene rings is 1. The molecule has 0 spiro atoms. The van der Waals surface area contributed by atoms with Crippen molar-refractivity contribution in [1.29, 1.82) is 0 Å². The van der Waals surface area contributed by atoms with Gasteiger partial charge in [-0.05, 0) is 54.1 Å². The van der Waals surface area contributed by atoms with Gasteiger partial charge in [-0.25, -0.2) is 9.97 Å². The van der Waals surface area contributed by atoms with Gasteiger partial charge in [0.25, 0.3) is 0 Å². The lowest BCUT2D eigenvalue weighted by atomic mass is 9.95. The monoisotopic (exact) mass is 386 g/mol. The maximum atomic E-state index is 13.3. The summed E-state index contributed by atoms with van der Waals surface area (Å²) in [5.41, 5.74) is 1.21. The standard InChI is InChI=1S/C20H26N4O2S/c25-19(17-4-9-23(10-5-17)20-21-7-2-8-22-20)24(13-16-6-12-27-15-16)14-18-3-1-11-26-18/h2,6-8,12,15,17-18H,1,3-5,9-11,13-14H2/t18-/m0/s1. The van der Waals surface area contributed by atoms with Crippen LogP contribution in [-0.4, -0.2) is 53.1 Å².